The van der Waals surface area contributed by atoms with Gasteiger partial charge in [-0.2, -0.15) is 0 Å². The second-order valence-corrected chi connectivity index (χ2v) is 13.3. The van der Waals surface area contributed by atoms with E-state index in [1.165, 1.54) is 4.90 Å². The molecule has 2 aromatic rings. The summed E-state index contributed by atoms with van der Waals surface area (Å²) in [6.45, 7) is 4.02. The summed E-state index contributed by atoms with van der Waals surface area (Å²) < 4.78 is 11.8. The van der Waals surface area contributed by atoms with Gasteiger partial charge >= 0.3 is 5.97 Å². The predicted molar refractivity (Wildman–Crippen MR) is 168 cm³/mol. The van der Waals surface area contributed by atoms with Crippen molar-refractivity contribution in [3.8, 4) is 11.5 Å². The van der Waals surface area contributed by atoms with Crippen molar-refractivity contribution in [1.29, 1.82) is 0 Å². The fraction of sp³-hybridized carbons (Fsp3) is 0.529. The van der Waals surface area contributed by atoms with Crippen LogP contribution in [0.4, 0.5) is 5.69 Å². The number of amides is 3. The summed E-state index contributed by atoms with van der Waals surface area (Å²) in [6, 6.07) is 13.0. The van der Waals surface area contributed by atoms with Crippen molar-refractivity contribution < 1.29 is 38.2 Å². The maximum atomic E-state index is 14.2. The smallest absolute Gasteiger partial charge is 0.308 e. The number of fused-ring (bicyclic) bond motifs is 1. The average Bonchev–Trinajstić information content (AvgIpc) is 3.68. The fourth-order valence-electron chi connectivity index (χ4n) is 6.81. The van der Waals surface area contributed by atoms with Crippen LogP contribution in [0, 0.1) is 5.92 Å². The number of hydrogen-bond donors (Lipinski definition) is 1. The Balaban J connectivity index is 1.44. The van der Waals surface area contributed by atoms with E-state index in [2.05, 4.69) is 40.2 Å². The number of carbonyl (C=O) groups excluding carboxylic acids is 3. The van der Waals surface area contributed by atoms with Gasteiger partial charge in [0.2, 0.25) is 24.5 Å². The summed E-state index contributed by atoms with van der Waals surface area (Å²) in [6.07, 6.45) is 2.35. The molecule has 2 aromatic carbocycles. The third-order valence-corrected chi connectivity index (χ3v) is 8.92. The van der Waals surface area contributed by atoms with Crippen LogP contribution in [0.25, 0.3) is 0 Å². The van der Waals surface area contributed by atoms with Gasteiger partial charge < -0.3 is 24.0 Å². The lowest BCUT2D eigenvalue weighted by Crippen LogP contribution is -2.46. The molecule has 3 aliphatic heterocycles. The molecule has 0 bridgehead atoms. The van der Waals surface area contributed by atoms with Crippen LogP contribution in [0.15, 0.2) is 42.5 Å². The van der Waals surface area contributed by atoms with Gasteiger partial charge in [-0.25, -0.2) is 0 Å². The number of quaternary nitrogens is 1. The SMILES string of the molecule is CCCCN(C(=O)CN1C[C@H](c2ccc3c(c2)OCO3)[C@@H](C(=O)O)[C@@H]1CCN1C(=O)CCC1=O)c1cccc(C[N+](C)(C)C)c1. The average molecular weight is 622 g/mol. The van der Waals surface area contributed by atoms with Gasteiger partial charge in [0, 0.05) is 55.7 Å². The Hall–Kier alpha value is -3.96. The van der Waals surface area contributed by atoms with E-state index in [4.69, 9.17) is 9.47 Å². The first-order valence-corrected chi connectivity index (χ1v) is 15.8. The van der Waals surface area contributed by atoms with E-state index in [1.54, 1.807) is 6.07 Å². The van der Waals surface area contributed by atoms with Crippen LogP contribution in [-0.2, 0) is 25.7 Å². The molecule has 11 heteroatoms. The highest BCUT2D eigenvalue weighted by Crippen LogP contribution is 2.43. The summed E-state index contributed by atoms with van der Waals surface area (Å²) >= 11 is 0. The fourth-order valence-corrected chi connectivity index (χ4v) is 6.81. The van der Waals surface area contributed by atoms with E-state index in [-0.39, 0.29) is 56.9 Å². The van der Waals surface area contributed by atoms with Crippen molar-refractivity contribution in [1.82, 2.24) is 9.80 Å². The number of anilines is 1. The summed E-state index contributed by atoms with van der Waals surface area (Å²) in [5, 5.41) is 10.6. The largest absolute Gasteiger partial charge is 0.481 e. The van der Waals surface area contributed by atoms with Crippen LogP contribution >= 0.6 is 0 Å². The number of carbonyl (C=O) groups is 4. The quantitative estimate of drug-likeness (QED) is 0.267. The normalized spacial score (nSPS) is 21.5. The zero-order valence-electron chi connectivity index (χ0n) is 26.7. The monoisotopic (exact) mass is 621 g/mol. The number of carboxylic acid groups (broad SMARTS) is 1. The lowest BCUT2D eigenvalue weighted by Gasteiger charge is -2.31. The van der Waals surface area contributed by atoms with Crippen LogP contribution in [0.5, 0.6) is 11.5 Å². The zero-order valence-corrected chi connectivity index (χ0v) is 26.7. The number of unbranched alkanes of at least 4 members (excludes halogenated alkanes) is 1. The first-order valence-electron chi connectivity index (χ1n) is 15.8. The molecule has 3 atom stereocenters. The molecular formula is C34H45N4O7+. The van der Waals surface area contributed by atoms with Crippen molar-refractivity contribution in [3.05, 3.63) is 53.6 Å². The third kappa shape index (κ3) is 7.48. The molecule has 0 saturated carbocycles. The van der Waals surface area contributed by atoms with E-state index in [0.717, 1.165) is 40.7 Å². The number of nitrogens with zero attached hydrogens (tertiary/aromatic N) is 4. The van der Waals surface area contributed by atoms with Crippen molar-refractivity contribution in [2.24, 2.45) is 5.92 Å². The van der Waals surface area contributed by atoms with Gasteiger partial charge in [0.25, 0.3) is 0 Å². The first-order chi connectivity index (χ1) is 21.4. The van der Waals surface area contributed by atoms with Crippen molar-refractivity contribution >= 4 is 29.4 Å². The maximum Gasteiger partial charge on any atom is 0.308 e. The lowest BCUT2D eigenvalue weighted by atomic mass is 9.84. The number of benzene rings is 2. The molecule has 2 saturated heterocycles. The van der Waals surface area contributed by atoms with Crippen LogP contribution in [0.3, 0.4) is 0 Å². The summed E-state index contributed by atoms with van der Waals surface area (Å²) in [4.78, 5) is 56.9. The highest BCUT2D eigenvalue weighted by molar-refractivity contribution is 6.01. The summed E-state index contributed by atoms with van der Waals surface area (Å²) in [5.74, 6) is -1.68. The molecule has 0 unspecified atom stereocenters. The first kappa shape index (κ1) is 32.4. The Labute approximate surface area is 264 Å². The minimum atomic E-state index is -0.979. The van der Waals surface area contributed by atoms with Gasteiger partial charge in [0.15, 0.2) is 11.5 Å². The van der Waals surface area contributed by atoms with Gasteiger partial charge in [0.05, 0.1) is 33.6 Å². The molecule has 3 amide bonds. The second-order valence-electron chi connectivity index (χ2n) is 13.3. The Morgan fingerprint density at radius 3 is 2.44 bits per heavy atom. The maximum absolute atomic E-state index is 14.2. The zero-order chi connectivity index (χ0) is 32.3. The molecular weight excluding hydrogens is 576 g/mol. The molecule has 242 valence electrons. The van der Waals surface area contributed by atoms with Crippen molar-refractivity contribution in [2.75, 3.05) is 59.0 Å². The molecule has 11 nitrogen and oxygen atoms in total. The van der Waals surface area contributed by atoms with E-state index in [0.29, 0.717) is 24.6 Å². The topological polar surface area (TPSA) is 117 Å². The van der Waals surface area contributed by atoms with Crippen LogP contribution < -0.4 is 14.4 Å². The number of ether oxygens (including phenoxy) is 2. The molecule has 0 spiro atoms. The lowest BCUT2D eigenvalue weighted by molar-refractivity contribution is -0.884. The Bertz CT molecular complexity index is 1420. The number of imide groups is 1. The van der Waals surface area contributed by atoms with Gasteiger partial charge in [-0.05, 0) is 42.7 Å². The molecule has 2 fully saturated rings. The number of carboxylic acids is 1. The molecule has 1 N–H and O–H groups in total. The van der Waals surface area contributed by atoms with E-state index >= 15 is 0 Å². The third-order valence-electron chi connectivity index (χ3n) is 8.92. The minimum absolute atomic E-state index is 0.0146. The van der Waals surface area contributed by atoms with E-state index in [9.17, 15) is 24.3 Å². The van der Waals surface area contributed by atoms with Crippen molar-refractivity contribution in [3.63, 3.8) is 0 Å². The van der Waals surface area contributed by atoms with Crippen LogP contribution in [-0.4, -0.2) is 103 Å². The molecule has 3 heterocycles. The molecule has 0 radical (unpaired) electrons. The molecule has 5 rings (SSSR count). The molecule has 45 heavy (non-hydrogen) atoms. The number of rotatable bonds is 13. The summed E-state index contributed by atoms with van der Waals surface area (Å²) in [7, 11) is 6.37. The number of aliphatic carboxylic acids is 1. The number of likely N-dealkylation sites (tertiary alicyclic amines) is 2. The Kier molecular flexibility index (Phi) is 9.79. The van der Waals surface area contributed by atoms with E-state index < -0.39 is 23.8 Å². The van der Waals surface area contributed by atoms with Crippen LogP contribution in [0.1, 0.15) is 56.1 Å². The Morgan fingerprint density at radius 2 is 1.76 bits per heavy atom. The molecule has 0 aliphatic carbocycles. The highest BCUT2D eigenvalue weighted by atomic mass is 16.7. The second kappa shape index (κ2) is 13.6. The van der Waals surface area contributed by atoms with Crippen LogP contribution in [0.2, 0.25) is 0 Å². The van der Waals surface area contributed by atoms with Gasteiger partial charge in [0.1, 0.15) is 6.54 Å². The van der Waals surface area contributed by atoms with E-state index in [1.807, 2.05) is 34.1 Å². The molecule has 3 aliphatic rings. The Morgan fingerprint density at radius 1 is 1.02 bits per heavy atom. The van der Waals surface area contributed by atoms with Gasteiger partial charge in [-0.3, -0.25) is 29.0 Å². The molecule has 0 aromatic heterocycles. The number of hydrogen-bond acceptors (Lipinski definition) is 7. The van der Waals surface area contributed by atoms with Crippen molar-refractivity contribution in [2.45, 2.75) is 57.5 Å². The highest BCUT2D eigenvalue weighted by Gasteiger charge is 2.48. The predicted octanol–water partition coefficient (Wildman–Crippen LogP) is 3.46. The minimum Gasteiger partial charge on any atom is -0.481 e. The summed E-state index contributed by atoms with van der Waals surface area (Å²) in [5.41, 5.74) is 2.74. The standard InChI is InChI=1S/C34H44N4O7/c1-5-6-15-36(25-9-7-8-23(17-25)21-38(2,3)4)32(41)20-35-19-26(24-10-11-28-29(18-24)45-22-44-28)33(34(42)43)27(35)14-16-37-30(39)12-13-31(37)40/h7-11,17-18,26-27,33H,5-6,12-16,19-22H2,1-4H3/p+1/t26-,27+,33-/m1/s1. The van der Waals surface area contributed by atoms with Gasteiger partial charge in [-0.1, -0.05) is 31.5 Å². The van der Waals surface area contributed by atoms with Gasteiger partial charge in [-0.15, -0.1) is 0 Å².